The van der Waals surface area contributed by atoms with Crippen LogP contribution in [-0.2, 0) is 0 Å². The van der Waals surface area contributed by atoms with Crippen LogP contribution in [0.3, 0.4) is 0 Å². The van der Waals surface area contributed by atoms with Crippen LogP contribution in [0.1, 0.15) is 0 Å². The molecule has 0 atom stereocenters. The smallest absolute Gasteiger partial charge is 0.336 e. The Balaban J connectivity index is 0.000000123. The van der Waals surface area contributed by atoms with E-state index in [9.17, 15) is 4.79 Å². The number of hydrogen-bond donors (Lipinski definition) is 1. The molecular weight excluding hydrogens is 300 g/mol. The van der Waals surface area contributed by atoms with Crippen molar-refractivity contribution in [3.05, 3.63) is 89.5 Å². The number of fused-ring (bicyclic) bond motifs is 4. The van der Waals surface area contributed by atoms with Gasteiger partial charge in [0.15, 0.2) is 0 Å². The predicted molar refractivity (Wildman–Crippen MR) is 96.1 cm³/mol. The molecule has 0 aliphatic carbocycles. The molecule has 5 rings (SSSR count). The van der Waals surface area contributed by atoms with E-state index in [0.717, 1.165) is 10.9 Å². The van der Waals surface area contributed by atoms with Crippen LogP contribution >= 0.6 is 0 Å². The Morgan fingerprint density at radius 1 is 0.792 bits per heavy atom. The zero-order valence-electron chi connectivity index (χ0n) is 12.8. The highest BCUT2D eigenvalue weighted by Gasteiger charge is 2.00. The molecule has 116 valence electrons. The van der Waals surface area contributed by atoms with Crippen LogP contribution in [0.2, 0.25) is 0 Å². The number of aromatic amines is 1. The number of nitrogens with zero attached hydrogens (tertiary/aromatic N) is 1. The number of benzene rings is 2. The van der Waals surface area contributed by atoms with Crippen molar-refractivity contribution in [1.82, 2.24) is 9.97 Å². The quantitative estimate of drug-likeness (QED) is 0.428. The van der Waals surface area contributed by atoms with Crippen molar-refractivity contribution in [3.8, 4) is 0 Å². The summed E-state index contributed by atoms with van der Waals surface area (Å²) in [6.07, 6.45) is 3.68. The largest absolute Gasteiger partial charge is 0.423 e. The first-order chi connectivity index (χ1) is 11.8. The Bertz CT molecular complexity index is 1140. The van der Waals surface area contributed by atoms with Crippen molar-refractivity contribution < 1.29 is 4.42 Å². The Hall–Kier alpha value is -3.40. The summed E-state index contributed by atoms with van der Waals surface area (Å²) in [7, 11) is 0. The molecule has 0 unspecified atom stereocenters. The SMILES string of the molecule is O=c1ccc2ccccc2o1.c1ccc2c(c1)[nH]c1cnccc12. The van der Waals surface area contributed by atoms with Crippen LogP contribution in [0.25, 0.3) is 32.8 Å². The molecule has 1 N–H and O–H groups in total. The Morgan fingerprint density at radius 3 is 2.54 bits per heavy atom. The summed E-state index contributed by atoms with van der Waals surface area (Å²) in [5.41, 5.74) is 2.61. The second-order valence-corrected chi connectivity index (χ2v) is 5.38. The molecule has 0 aliphatic rings. The molecule has 0 fully saturated rings. The fourth-order valence-electron chi connectivity index (χ4n) is 2.71. The highest BCUT2D eigenvalue weighted by molar-refractivity contribution is 6.06. The lowest BCUT2D eigenvalue weighted by Gasteiger charge is -1.91. The van der Waals surface area contributed by atoms with Crippen molar-refractivity contribution in [2.24, 2.45) is 0 Å². The number of H-pyrrole nitrogens is 1. The standard InChI is InChI=1S/C11H8N2.C9H6O2/c1-2-4-10-8(3-1)9-5-6-12-7-11(9)13-10;10-9-6-5-7-3-1-2-4-8(7)11-9/h1-7,13H;1-6H. The summed E-state index contributed by atoms with van der Waals surface area (Å²) in [6, 6.07) is 20.9. The lowest BCUT2D eigenvalue weighted by Crippen LogP contribution is -1.93. The summed E-state index contributed by atoms with van der Waals surface area (Å²) in [6.45, 7) is 0. The zero-order valence-corrected chi connectivity index (χ0v) is 12.8. The van der Waals surface area contributed by atoms with Crippen LogP contribution in [0.4, 0.5) is 0 Å². The van der Waals surface area contributed by atoms with E-state index in [1.54, 1.807) is 12.1 Å². The van der Waals surface area contributed by atoms with Gasteiger partial charge in [-0.2, -0.15) is 0 Å². The summed E-state index contributed by atoms with van der Waals surface area (Å²) in [5.74, 6) is 0. The van der Waals surface area contributed by atoms with Gasteiger partial charge in [-0.15, -0.1) is 0 Å². The highest BCUT2D eigenvalue weighted by Crippen LogP contribution is 2.23. The molecule has 24 heavy (non-hydrogen) atoms. The van der Waals surface area contributed by atoms with Gasteiger partial charge in [0.05, 0.1) is 11.7 Å². The average Bonchev–Trinajstić information content (AvgIpc) is 3.01. The molecule has 4 heteroatoms. The molecule has 0 saturated carbocycles. The summed E-state index contributed by atoms with van der Waals surface area (Å²) < 4.78 is 4.91. The van der Waals surface area contributed by atoms with Gasteiger partial charge in [-0.25, -0.2) is 4.79 Å². The maximum absolute atomic E-state index is 10.7. The highest BCUT2D eigenvalue weighted by atomic mass is 16.4. The molecule has 0 aliphatic heterocycles. The maximum Gasteiger partial charge on any atom is 0.336 e. The molecule has 0 radical (unpaired) electrons. The Kier molecular flexibility index (Phi) is 3.56. The van der Waals surface area contributed by atoms with Crippen LogP contribution in [-0.4, -0.2) is 9.97 Å². The summed E-state index contributed by atoms with van der Waals surface area (Å²) >= 11 is 0. The normalized spacial score (nSPS) is 10.7. The van der Waals surface area contributed by atoms with E-state index in [-0.39, 0.29) is 5.63 Å². The van der Waals surface area contributed by atoms with Gasteiger partial charge in [0, 0.05) is 33.9 Å². The van der Waals surface area contributed by atoms with Gasteiger partial charge < -0.3 is 9.40 Å². The zero-order chi connectivity index (χ0) is 16.4. The Labute approximate surface area is 137 Å². The third-order valence-electron chi connectivity index (χ3n) is 3.84. The summed E-state index contributed by atoms with van der Waals surface area (Å²) in [4.78, 5) is 18.1. The Morgan fingerprint density at radius 2 is 1.58 bits per heavy atom. The minimum absolute atomic E-state index is 0.302. The second-order valence-electron chi connectivity index (χ2n) is 5.38. The molecule has 4 nitrogen and oxygen atoms in total. The topological polar surface area (TPSA) is 58.9 Å². The van der Waals surface area contributed by atoms with Crippen molar-refractivity contribution in [1.29, 1.82) is 0 Å². The molecule has 2 aromatic carbocycles. The third kappa shape index (κ3) is 2.65. The van der Waals surface area contributed by atoms with Crippen LogP contribution in [0.15, 0.2) is 88.3 Å². The van der Waals surface area contributed by atoms with E-state index in [0.29, 0.717) is 5.58 Å². The van der Waals surface area contributed by atoms with Gasteiger partial charge in [0.2, 0.25) is 0 Å². The molecule has 3 heterocycles. The van der Waals surface area contributed by atoms with Gasteiger partial charge in [0.25, 0.3) is 0 Å². The molecule has 0 bridgehead atoms. The van der Waals surface area contributed by atoms with E-state index in [4.69, 9.17) is 4.42 Å². The van der Waals surface area contributed by atoms with E-state index < -0.39 is 0 Å². The van der Waals surface area contributed by atoms with Crippen LogP contribution in [0.5, 0.6) is 0 Å². The minimum Gasteiger partial charge on any atom is -0.423 e. The first kappa shape index (κ1) is 14.2. The van der Waals surface area contributed by atoms with Crippen LogP contribution in [0, 0.1) is 0 Å². The number of pyridine rings is 1. The number of hydrogen-bond acceptors (Lipinski definition) is 3. The summed E-state index contributed by atoms with van der Waals surface area (Å²) in [5, 5.41) is 3.46. The fourth-order valence-corrected chi connectivity index (χ4v) is 2.71. The molecular formula is C20H14N2O2. The number of nitrogens with one attached hydrogen (secondary N) is 1. The number of rotatable bonds is 0. The van der Waals surface area contributed by atoms with Gasteiger partial charge in [-0.3, -0.25) is 4.98 Å². The van der Waals surface area contributed by atoms with Gasteiger partial charge >= 0.3 is 5.63 Å². The number of para-hydroxylation sites is 2. The van der Waals surface area contributed by atoms with Crippen molar-refractivity contribution in [2.75, 3.05) is 0 Å². The van der Waals surface area contributed by atoms with Gasteiger partial charge in [-0.1, -0.05) is 36.4 Å². The van der Waals surface area contributed by atoms with Gasteiger partial charge in [0.1, 0.15) is 5.58 Å². The molecule has 0 amide bonds. The lowest BCUT2D eigenvalue weighted by molar-refractivity contribution is 0.561. The maximum atomic E-state index is 10.7. The molecule has 3 aromatic heterocycles. The van der Waals surface area contributed by atoms with Crippen molar-refractivity contribution >= 4 is 32.8 Å². The fraction of sp³-hybridized carbons (Fsp3) is 0. The van der Waals surface area contributed by atoms with Crippen molar-refractivity contribution in [3.63, 3.8) is 0 Å². The molecule has 0 spiro atoms. The molecule has 5 aromatic rings. The minimum atomic E-state index is -0.302. The average molecular weight is 314 g/mol. The number of aromatic nitrogens is 2. The monoisotopic (exact) mass is 314 g/mol. The first-order valence-corrected chi connectivity index (χ1v) is 7.60. The van der Waals surface area contributed by atoms with E-state index in [1.807, 2.05) is 42.7 Å². The van der Waals surface area contributed by atoms with Crippen molar-refractivity contribution in [2.45, 2.75) is 0 Å². The third-order valence-corrected chi connectivity index (χ3v) is 3.84. The predicted octanol–water partition coefficient (Wildman–Crippen LogP) is 4.51. The van der Waals surface area contributed by atoms with Crippen LogP contribution < -0.4 is 5.63 Å². The van der Waals surface area contributed by atoms with Gasteiger partial charge in [-0.05, 0) is 24.3 Å². The van der Waals surface area contributed by atoms with E-state index in [2.05, 4.69) is 28.2 Å². The lowest BCUT2D eigenvalue weighted by atomic mass is 10.2. The molecule has 0 saturated heterocycles. The first-order valence-electron chi connectivity index (χ1n) is 7.60. The van der Waals surface area contributed by atoms with E-state index >= 15 is 0 Å². The van der Waals surface area contributed by atoms with E-state index in [1.165, 1.54) is 22.4 Å². The second kappa shape index (κ2) is 6.01.